The molecule has 0 radical (unpaired) electrons. The van der Waals surface area contributed by atoms with Crippen LogP contribution in [0.4, 0.5) is 0 Å². The van der Waals surface area contributed by atoms with E-state index in [4.69, 9.17) is 4.74 Å². The summed E-state index contributed by atoms with van der Waals surface area (Å²) in [6.45, 7) is 1.91. The van der Waals surface area contributed by atoms with Crippen molar-refractivity contribution in [2.24, 2.45) is 5.92 Å². The van der Waals surface area contributed by atoms with Gasteiger partial charge in [-0.05, 0) is 18.8 Å². The number of hydrogen-bond acceptors (Lipinski definition) is 4. The van der Waals surface area contributed by atoms with Crippen molar-refractivity contribution in [2.75, 3.05) is 33.1 Å². The minimum atomic E-state index is -2.94. The molecule has 0 aromatic heterocycles. The highest BCUT2D eigenvalue weighted by atomic mass is 32.2. The molecule has 1 N–H and O–H groups in total. The molecule has 0 saturated heterocycles. The number of sulfone groups is 1. The van der Waals surface area contributed by atoms with Gasteiger partial charge >= 0.3 is 0 Å². The average molecular weight is 249 g/mol. The van der Waals surface area contributed by atoms with E-state index < -0.39 is 9.84 Å². The standard InChI is InChI=1S/C11H23NO3S/c1-15-8-7-12-9-11(16(2,13)14)10-5-3-4-6-10/h10-12H,3-9H2,1-2H3. The Balaban J connectivity index is 2.45. The van der Waals surface area contributed by atoms with E-state index in [2.05, 4.69) is 5.32 Å². The molecule has 0 aromatic carbocycles. The van der Waals surface area contributed by atoms with Crippen LogP contribution >= 0.6 is 0 Å². The van der Waals surface area contributed by atoms with E-state index in [0.29, 0.717) is 19.1 Å². The first kappa shape index (κ1) is 13.9. The molecule has 0 aromatic rings. The van der Waals surface area contributed by atoms with Gasteiger partial charge in [0.2, 0.25) is 0 Å². The second kappa shape index (κ2) is 6.57. The molecular weight excluding hydrogens is 226 g/mol. The lowest BCUT2D eigenvalue weighted by molar-refractivity contribution is 0.199. The van der Waals surface area contributed by atoms with Crippen LogP contribution in [0.3, 0.4) is 0 Å². The van der Waals surface area contributed by atoms with Crippen LogP contribution in [-0.4, -0.2) is 46.7 Å². The molecule has 1 aliphatic carbocycles. The van der Waals surface area contributed by atoms with E-state index in [1.807, 2.05) is 0 Å². The molecule has 1 aliphatic rings. The topological polar surface area (TPSA) is 55.4 Å². The monoisotopic (exact) mass is 249 g/mol. The van der Waals surface area contributed by atoms with Gasteiger partial charge in [0.05, 0.1) is 11.9 Å². The van der Waals surface area contributed by atoms with Gasteiger partial charge in [0.25, 0.3) is 0 Å². The average Bonchev–Trinajstić information content (AvgIpc) is 2.68. The van der Waals surface area contributed by atoms with Gasteiger partial charge < -0.3 is 10.1 Å². The van der Waals surface area contributed by atoms with Crippen molar-refractivity contribution < 1.29 is 13.2 Å². The van der Waals surface area contributed by atoms with Crippen LogP contribution in [0.25, 0.3) is 0 Å². The number of methoxy groups -OCH3 is 1. The molecule has 4 nitrogen and oxygen atoms in total. The molecule has 1 saturated carbocycles. The highest BCUT2D eigenvalue weighted by Crippen LogP contribution is 2.30. The van der Waals surface area contributed by atoms with E-state index in [-0.39, 0.29) is 5.25 Å². The molecular formula is C11H23NO3S. The minimum absolute atomic E-state index is 0.216. The Kier molecular flexibility index (Phi) is 5.72. The lowest BCUT2D eigenvalue weighted by Crippen LogP contribution is -2.39. The minimum Gasteiger partial charge on any atom is -0.383 e. The van der Waals surface area contributed by atoms with Gasteiger partial charge in [-0.3, -0.25) is 0 Å². The second-order valence-corrected chi connectivity index (χ2v) is 6.87. The van der Waals surface area contributed by atoms with Crippen molar-refractivity contribution in [3.63, 3.8) is 0 Å². The first-order valence-corrected chi connectivity index (χ1v) is 7.89. The zero-order chi connectivity index (χ0) is 12.0. The Morgan fingerprint density at radius 2 is 2.00 bits per heavy atom. The summed E-state index contributed by atoms with van der Waals surface area (Å²) >= 11 is 0. The van der Waals surface area contributed by atoms with Crippen LogP contribution in [0, 0.1) is 5.92 Å². The first-order valence-electron chi connectivity index (χ1n) is 5.94. The third kappa shape index (κ3) is 4.39. The molecule has 1 rings (SSSR count). The fourth-order valence-corrected chi connectivity index (χ4v) is 3.81. The summed E-state index contributed by atoms with van der Waals surface area (Å²) in [6.07, 6.45) is 5.82. The Labute approximate surface area is 98.7 Å². The maximum atomic E-state index is 11.7. The second-order valence-electron chi connectivity index (χ2n) is 4.61. The summed E-state index contributed by atoms with van der Waals surface area (Å²) in [5, 5.41) is 2.95. The fourth-order valence-electron chi connectivity index (χ4n) is 2.42. The predicted molar refractivity (Wildman–Crippen MR) is 65.3 cm³/mol. The summed E-state index contributed by atoms with van der Waals surface area (Å²) in [4.78, 5) is 0. The van der Waals surface area contributed by atoms with Gasteiger partial charge in [-0.15, -0.1) is 0 Å². The van der Waals surface area contributed by atoms with E-state index in [0.717, 1.165) is 19.4 Å². The molecule has 0 amide bonds. The smallest absolute Gasteiger partial charge is 0.151 e. The Hall–Kier alpha value is -0.130. The maximum Gasteiger partial charge on any atom is 0.151 e. The molecule has 5 heteroatoms. The zero-order valence-corrected chi connectivity index (χ0v) is 11.1. The maximum absolute atomic E-state index is 11.7. The van der Waals surface area contributed by atoms with Crippen molar-refractivity contribution >= 4 is 9.84 Å². The van der Waals surface area contributed by atoms with Crippen LogP contribution in [0.1, 0.15) is 25.7 Å². The molecule has 1 unspecified atom stereocenters. The summed E-state index contributed by atoms with van der Waals surface area (Å²) < 4.78 is 28.3. The normalized spacial score (nSPS) is 20.1. The summed E-state index contributed by atoms with van der Waals surface area (Å²) in [5.41, 5.74) is 0. The van der Waals surface area contributed by atoms with Crippen LogP contribution < -0.4 is 5.32 Å². The van der Waals surface area contributed by atoms with Gasteiger partial charge in [0.15, 0.2) is 9.84 Å². The van der Waals surface area contributed by atoms with Crippen molar-refractivity contribution in [1.29, 1.82) is 0 Å². The molecule has 0 aliphatic heterocycles. The molecule has 0 spiro atoms. The van der Waals surface area contributed by atoms with Crippen molar-refractivity contribution in [1.82, 2.24) is 5.32 Å². The number of ether oxygens (including phenoxy) is 1. The third-order valence-electron chi connectivity index (χ3n) is 3.30. The van der Waals surface area contributed by atoms with Crippen molar-refractivity contribution in [2.45, 2.75) is 30.9 Å². The predicted octanol–water partition coefficient (Wildman–Crippen LogP) is 0.826. The largest absolute Gasteiger partial charge is 0.383 e. The molecule has 0 bridgehead atoms. The first-order chi connectivity index (χ1) is 7.55. The molecule has 1 atom stereocenters. The van der Waals surface area contributed by atoms with Crippen LogP contribution in [0.15, 0.2) is 0 Å². The van der Waals surface area contributed by atoms with Gasteiger partial charge in [0.1, 0.15) is 0 Å². The summed E-state index contributed by atoms with van der Waals surface area (Å²) in [5.74, 6) is 0.352. The molecule has 16 heavy (non-hydrogen) atoms. The van der Waals surface area contributed by atoms with E-state index in [1.165, 1.54) is 19.1 Å². The van der Waals surface area contributed by atoms with E-state index >= 15 is 0 Å². The van der Waals surface area contributed by atoms with Gasteiger partial charge in [-0.2, -0.15) is 0 Å². The van der Waals surface area contributed by atoms with Crippen LogP contribution in [0.5, 0.6) is 0 Å². The van der Waals surface area contributed by atoms with Crippen LogP contribution in [-0.2, 0) is 14.6 Å². The highest BCUT2D eigenvalue weighted by Gasteiger charge is 2.31. The van der Waals surface area contributed by atoms with Gasteiger partial charge in [-0.25, -0.2) is 8.42 Å². The van der Waals surface area contributed by atoms with Gasteiger partial charge in [0, 0.05) is 26.5 Å². The Morgan fingerprint density at radius 1 is 1.38 bits per heavy atom. The SMILES string of the molecule is COCCNCC(C1CCCC1)S(C)(=O)=O. The lowest BCUT2D eigenvalue weighted by atomic mass is 10.0. The third-order valence-corrected chi connectivity index (χ3v) is 4.96. The zero-order valence-electron chi connectivity index (χ0n) is 10.2. The molecule has 96 valence electrons. The quantitative estimate of drug-likeness (QED) is 0.679. The van der Waals surface area contributed by atoms with Crippen LogP contribution in [0.2, 0.25) is 0 Å². The number of rotatable bonds is 7. The van der Waals surface area contributed by atoms with E-state index in [1.54, 1.807) is 7.11 Å². The number of hydrogen-bond donors (Lipinski definition) is 1. The van der Waals surface area contributed by atoms with Gasteiger partial charge in [-0.1, -0.05) is 12.8 Å². The lowest BCUT2D eigenvalue weighted by Gasteiger charge is -2.22. The summed E-state index contributed by atoms with van der Waals surface area (Å²) in [7, 11) is -1.29. The van der Waals surface area contributed by atoms with Crippen molar-refractivity contribution in [3.05, 3.63) is 0 Å². The summed E-state index contributed by atoms with van der Waals surface area (Å²) in [6, 6.07) is 0. The number of nitrogens with one attached hydrogen (secondary N) is 1. The molecule has 0 heterocycles. The molecule has 1 fully saturated rings. The fraction of sp³-hybridized carbons (Fsp3) is 1.00. The Morgan fingerprint density at radius 3 is 2.50 bits per heavy atom. The van der Waals surface area contributed by atoms with E-state index in [9.17, 15) is 8.42 Å². The Bertz CT molecular complexity index is 284. The highest BCUT2D eigenvalue weighted by molar-refractivity contribution is 7.91. The van der Waals surface area contributed by atoms with Crippen molar-refractivity contribution in [3.8, 4) is 0 Å².